The zero-order chi connectivity index (χ0) is 18.5. The van der Waals surface area contributed by atoms with Gasteiger partial charge in [-0.25, -0.2) is 0 Å². The molecule has 0 aromatic heterocycles. The maximum atomic E-state index is 12.7. The minimum absolute atomic E-state index is 0.00391. The number of fused-ring (bicyclic) bond motifs is 1. The average Bonchev–Trinajstić information content (AvgIpc) is 2.65. The van der Waals surface area contributed by atoms with E-state index in [9.17, 15) is 9.59 Å². The number of ether oxygens (including phenoxy) is 1. The van der Waals surface area contributed by atoms with E-state index in [0.717, 1.165) is 12.0 Å². The maximum absolute atomic E-state index is 12.7. The van der Waals surface area contributed by atoms with Crippen molar-refractivity contribution in [3.05, 3.63) is 59.7 Å². The van der Waals surface area contributed by atoms with Gasteiger partial charge in [-0.15, -0.1) is 0 Å². The Morgan fingerprint density at radius 3 is 2.69 bits per heavy atom. The topological polar surface area (TPSA) is 58.6 Å². The van der Waals surface area contributed by atoms with E-state index < -0.39 is 6.10 Å². The smallest absolute Gasteiger partial charge is 0.268 e. The summed E-state index contributed by atoms with van der Waals surface area (Å²) in [5, 5.41) is 2.90. The highest BCUT2D eigenvalue weighted by atomic mass is 16.5. The number of hydrogen-bond acceptors (Lipinski definition) is 3. The SMILES string of the molecule is CC[C@@H]1Oc2ccc(C)cc2N(CC(=O)NCCc2ccccc2)C1=O. The van der Waals surface area contributed by atoms with E-state index in [2.05, 4.69) is 5.32 Å². The second-order valence-electron chi connectivity index (χ2n) is 6.50. The van der Waals surface area contributed by atoms with Gasteiger partial charge < -0.3 is 10.1 Å². The molecule has 0 saturated heterocycles. The average molecular weight is 352 g/mol. The van der Waals surface area contributed by atoms with Crippen LogP contribution in [0.15, 0.2) is 48.5 Å². The summed E-state index contributed by atoms with van der Waals surface area (Å²) in [5.74, 6) is 0.321. The lowest BCUT2D eigenvalue weighted by Crippen LogP contribution is -2.49. The number of anilines is 1. The van der Waals surface area contributed by atoms with Crippen molar-refractivity contribution in [3.8, 4) is 5.75 Å². The van der Waals surface area contributed by atoms with E-state index in [-0.39, 0.29) is 18.4 Å². The Hall–Kier alpha value is -2.82. The fraction of sp³-hybridized carbons (Fsp3) is 0.333. The highest BCUT2D eigenvalue weighted by Gasteiger charge is 2.34. The van der Waals surface area contributed by atoms with Gasteiger partial charge in [-0.1, -0.05) is 43.3 Å². The second kappa shape index (κ2) is 8.04. The van der Waals surface area contributed by atoms with E-state index in [1.807, 2.05) is 62.4 Å². The summed E-state index contributed by atoms with van der Waals surface area (Å²) in [4.78, 5) is 26.6. The van der Waals surface area contributed by atoms with E-state index in [0.29, 0.717) is 24.4 Å². The van der Waals surface area contributed by atoms with Crippen LogP contribution in [0.1, 0.15) is 24.5 Å². The maximum Gasteiger partial charge on any atom is 0.268 e. The van der Waals surface area contributed by atoms with Crippen LogP contribution in [-0.2, 0) is 16.0 Å². The molecule has 2 aromatic rings. The number of hydrogen-bond donors (Lipinski definition) is 1. The quantitative estimate of drug-likeness (QED) is 0.870. The molecule has 5 heteroatoms. The summed E-state index contributed by atoms with van der Waals surface area (Å²) in [5.41, 5.74) is 2.85. The Labute approximate surface area is 154 Å². The van der Waals surface area contributed by atoms with Crippen LogP contribution in [0.3, 0.4) is 0 Å². The van der Waals surface area contributed by atoms with Crippen molar-refractivity contribution in [2.24, 2.45) is 0 Å². The number of carbonyl (C=O) groups excluding carboxylic acids is 2. The molecule has 3 rings (SSSR count). The van der Waals surface area contributed by atoms with E-state index >= 15 is 0 Å². The molecule has 1 atom stereocenters. The highest BCUT2D eigenvalue weighted by Crippen LogP contribution is 2.35. The molecule has 5 nitrogen and oxygen atoms in total. The first-order valence-electron chi connectivity index (χ1n) is 8.97. The predicted molar refractivity (Wildman–Crippen MR) is 101 cm³/mol. The number of carbonyl (C=O) groups is 2. The van der Waals surface area contributed by atoms with Crippen LogP contribution >= 0.6 is 0 Å². The molecule has 1 heterocycles. The molecule has 1 aliphatic rings. The molecular weight excluding hydrogens is 328 g/mol. The summed E-state index contributed by atoms with van der Waals surface area (Å²) in [7, 11) is 0. The van der Waals surface area contributed by atoms with Crippen LogP contribution < -0.4 is 15.0 Å². The van der Waals surface area contributed by atoms with Gasteiger partial charge in [0.15, 0.2) is 6.10 Å². The van der Waals surface area contributed by atoms with E-state index in [4.69, 9.17) is 4.74 Å². The third-order valence-corrected chi connectivity index (χ3v) is 4.47. The van der Waals surface area contributed by atoms with Crippen molar-refractivity contribution in [2.75, 3.05) is 18.0 Å². The first-order valence-corrected chi connectivity index (χ1v) is 8.97. The summed E-state index contributed by atoms with van der Waals surface area (Å²) < 4.78 is 5.78. The van der Waals surface area contributed by atoms with Gasteiger partial charge in [-0.3, -0.25) is 14.5 Å². The zero-order valence-electron chi connectivity index (χ0n) is 15.2. The third-order valence-electron chi connectivity index (χ3n) is 4.47. The normalized spacial score (nSPS) is 16.0. The summed E-state index contributed by atoms with van der Waals surface area (Å²) >= 11 is 0. The highest BCUT2D eigenvalue weighted by molar-refractivity contribution is 6.03. The Bertz CT molecular complexity index is 789. The standard InChI is InChI=1S/C21H24N2O3/c1-3-18-21(25)23(17-13-15(2)9-10-19(17)26-18)14-20(24)22-12-11-16-7-5-4-6-8-16/h4-10,13,18H,3,11-12,14H2,1-2H3,(H,22,24)/t18-/m0/s1. The molecule has 0 spiro atoms. The van der Waals surface area contributed by atoms with Crippen LogP contribution in [0.4, 0.5) is 5.69 Å². The van der Waals surface area contributed by atoms with Crippen LogP contribution in [-0.4, -0.2) is 31.0 Å². The van der Waals surface area contributed by atoms with Crippen LogP contribution in [0.5, 0.6) is 5.75 Å². The number of aryl methyl sites for hydroxylation is 1. The predicted octanol–water partition coefficient (Wildman–Crippen LogP) is 2.86. The Kier molecular flexibility index (Phi) is 5.56. The fourth-order valence-electron chi connectivity index (χ4n) is 3.05. The molecule has 0 aliphatic carbocycles. The van der Waals surface area contributed by atoms with Gasteiger partial charge in [0.2, 0.25) is 5.91 Å². The van der Waals surface area contributed by atoms with Gasteiger partial charge in [0.1, 0.15) is 12.3 Å². The molecule has 0 saturated carbocycles. The molecule has 26 heavy (non-hydrogen) atoms. The number of rotatable bonds is 6. The van der Waals surface area contributed by atoms with Gasteiger partial charge in [-0.05, 0) is 43.0 Å². The number of nitrogens with one attached hydrogen (secondary N) is 1. The van der Waals surface area contributed by atoms with Gasteiger partial charge in [0.05, 0.1) is 5.69 Å². The number of amides is 2. The van der Waals surface area contributed by atoms with Crippen LogP contribution in [0.2, 0.25) is 0 Å². The molecule has 0 fully saturated rings. The molecular formula is C21H24N2O3. The molecule has 136 valence electrons. The van der Waals surface area contributed by atoms with Crippen LogP contribution in [0, 0.1) is 6.92 Å². The Morgan fingerprint density at radius 1 is 1.19 bits per heavy atom. The van der Waals surface area contributed by atoms with Crippen molar-refractivity contribution in [3.63, 3.8) is 0 Å². The third kappa shape index (κ3) is 4.04. The minimum atomic E-state index is -0.540. The van der Waals surface area contributed by atoms with Gasteiger partial charge in [0.25, 0.3) is 5.91 Å². The second-order valence-corrected chi connectivity index (χ2v) is 6.50. The first kappa shape index (κ1) is 18.0. The number of nitrogens with zero attached hydrogens (tertiary/aromatic N) is 1. The Balaban J connectivity index is 1.66. The van der Waals surface area contributed by atoms with Gasteiger partial charge in [-0.2, -0.15) is 0 Å². The molecule has 2 aromatic carbocycles. The van der Waals surface area contributed by atoms with Crippen molar-refractivity contribution >= 4 is 17.5 Å². The van der Waals surface area contributed by atoms with Crippen LogP contribution in [0.25, 0.3) is 0 Å². The molecule has 2 amide bonds. The lowest BCUT2D eigenvalue weighted by atomic mass is 10.1. The summed E-state index contributed by atoms with van der Waals surface area (Å²) in [6, 6.07) is 15.7. The molecule has 0 radical (unpaired) electrons. The molecule has 0 bridgehead atoms. The largest absolute Gasteiger partial charge is 0.478 e. The lowest BCUT2D eigenvalue weighted by Gasteiger charge is -2.33. The van der Waals surface area contributed by atoms with Crippen molar-refractivity contribution in [2.45, 2.75) is 32.8 Å². The summed E-state index contributed by atoms with van der Waals surface area (Å²) in [6.45, 7) is 4.40. The molecule has 1 N–H and O–H groups in total. The van der Waals surface area contributed by atoms with Crippen molar-refractivity contribution in [1.29, 1.82) is 0 Å². The molecule has 1 aliphatic heterocycles. The summed E-state index contributed by atoms with van der Waals surface area (Å²) in [6.07, 6.45) is 0.789. The van der Waals surface area contributed by atoms with Gasteiger partial charge in [0, 0.05) is 6.54 Å². The van der Waals surface area contributed by atoms with Crippen molar-refractivity contribution in [1.82, 2.24) is 5.32 Å². The fourth-order valence-corrected chi connectivity index (χ4v) is 3.05. The number of benzene rings is 2. The van der Waals surface area contributed by atoms with E-state index in [1.54, 1.807) is 0 Å². The zero-order valence-corrected chi connectivity index (χ0v) is 15.2. The van der Waals surface area contributed by atoms with E-state index in [1.165, 1.54) is 10.5 Å². The first-order chi connectivity index (χ1) is 12.6. The monoisotopic (exact) mass is 352 g/mol. The Morgan fingerprint density at radius 2 is 1.96 bits per heavy atom. The molecule has 0 unspecified atom stereocenters. The minimum Gasteiger partial charge on any atom is -0.478 e. The van der Waals surface area contributed by atoms with Gasteiger partial charge >= 0.3 is 0 Å². The lowest BCUT2D eigenvalue weighted by molar-refractivity contribution is -0.129. The van der Waals surface area contributed by atoms with Crippen molar-refractivity contribution < 1.29 is 14.3 Å².